The first kappa shape index (κ1) is 16.2. The van der Waals surface area contributed by atoms with Crippen molar-refractivity contribution < 1.29 is 19.1 Å². The molecule has 0 saturated carbocycles. The second-order valence-electron chi connectivity index (χ2n) is 4.98. The van der Waals surface area contributed by atoms with Crippen LogP contribution in [0.25, 0.3) is 0 Å². The van der Waals surface area contributed by atoms with Crippen molar-refractivity contribution in [2.45, 2.75) is 32.2 Å². The number of urea groups is 1. The Kier molecular flexibility index (Phi) is 5.33. The lowest BCUT2D eigenvalue weighted by atomic mass is 9.99. The smallest absolute Gasteiger partial charge is 0.319 e. The number of hydrogen-bond acceptors (Lipinski definition) is 2. The lowest BCUT2D eigenvalue weighted by Crippen LogP contribution is -2.45. The van der Waals surface area contributed by atoms with Gasteiger partial charge in [0.25, 0.3) is 0 Å². The van der Waals surface area contributed by atoms with E-state index in [0.717, 1.165) is 6.07 Å². The zero-order chi connectivity index (χ0) is 15.3. The van der Waals surface area contributed by atoms with Crippen molar-refractivity contribution in [3.8, 4) is 0 Å². The van der Waals surface area contributed by atoms with Gasteiger partial charge in [0, 0.05) is 17.0 Å². The minimum Gasteiger partial charge on any atom is -0.481 e. The summed E-state index contributed by atoms with van der Waals surface area (Å²) in [6.07, 6.45) is 0.196. The van der Waals surface area contributed by atoms with Crippen molar-refractivity contribution in [2.24, 2.45) is 0 Å². The van der Waals surface area contributed by atoms with E-state index < -0.39 is 23.4 Å². The highest BCUT2D eigenvalue weighted by molar-refractivity contribution is 6.30. The molecule has 110 valence electrons. The average molecular weight is 303 g/mol. The number of carboxylic acid groups (broad SMARTS) is 1. The molecule has 0 aliphatic carbocycles. The van der Waals surface area contributed by atoms with E-state index in [1.165, 1.54) is 12.1 Å². The van der Waals surface area contributed by atoms with Crippen LogP contribution in [-0.4, -0.2) is 22.6 Å². The summed E-state index contributed by atoms with van der Waals surface area (Å²) in [6.45, 7) is 3.38. The number of anilines is 1. The summed E-state index contributed by atoms with van der Waals surface area (Å²) in [5.74, 6) is -1.58. The van der Waals surface area contributed by atoms with E-state index in [-0.39, 0.29) is 23.6 Å². The molecular weight excluding hydrogens is 287 g/mol. The van der Waals surface area contributed by atoms with Gasteiger partial charge in [0.1, 0.15) is 5.82 Å². The van der Waals surface area contributed by atoms with Crippen molar-refractivity contribution in [3.63, 3.8) is 0 Å². The third-order valence-corrected chi connectivity index (χ3v) is 2.83. The number of halogens is 2. The minimum atomic E-state index is -0.941. The molecule has 2 amide bonds. The summed E-state index contributed by atoms with van der Waals surface area (Å²) in [4.78, 5) is 22.2. The maximum atomic E-state index is 13.5. The number of nitrogens with one attached hydrogen (secondary N) is 2. The maximum Gasteiger partial charge on any atom is 0.319 e. The van der Waals surface area contributed by atoms with E-state index in [1.807, 2.05) is 0 Å². The van der Waals surface area contributed by atoms with Crippen molar-refractivity contribution in [3.05, 3.63) is 29.0 Å². The second-order valence-corrected chi connectivity index (χ2v) is 5.42. The molecule has 0 spiro atoms. The van der Waals surface area contributed by atoms with Crippen LogP contribution in [0.3, 0.4) is 0 Å². The Morgan fingerprint density at radius 2 is 2.05 bits per heavy atom. The molecule has 0 heterocycles. The fourth-order valence-electron chi connectivity index (χ4n) is 1.53. The van der Waals surface area contributed by atoms with Gasteiger partial charge in [-0.1, -0.05) is 11.6 Å². The standard InChI is InChI=1S/C13H16ClFN2O3/c1-13(2,6-5-11(18)19)17-12(20)16-10-4-3-8(14)7-9(10)15/h3-4,7H,5-6H2,1-2H3,(H,18,19)(H2,16,17,20). The highest BCUT2D eigenvalue weighted by Gasteiger charge is 2.21. The van der Waals surface area contributed by atoms with Crippen LogP contribution in [0.4, 0.5) is 14.9 Å². The predicted octanol–water partition coefficient (Wildman–Crippen LogP) is 3.24. The zero-order valence-electron chi connectivity index (χ0n) is 11.2. The van der Waals surface area contributed by atoms with Crippen LogP contribution < -0.4 is 10.6 Å². The quantitative estimate of drug-likeness (QED) is 0.781. The number of rotatable bonds is 5. The SMILES string of the molecule is CC(C)(CCC(=O)O)NC(=O)Nc1ccc(Cl)cc1F. The van der Waals surface area contributed by atoms with Crippen LogP contribution in [0.15, 0.2) is 18.2 Å². The van der Waals surface area contributed by atoms with Gasteiger partial charge in [0.05, 0.1) is 5.69 Å². The summed E-state index contributed by atoms with van der Waals surface area (Å²) in [5.41, 5.74) is -0.716. The normalized spacial score (nSPS) is 11.0. The Hall–Kier alpha value is -1.82. The molecule has 5 nitrogen and oxygen atoms in total. The first-order chi connectivity index (χ1) is 9.19. The molecule has 0 aromatic heterocycles. The van der Waals surface area contributed by atoms with Crippen LogP contribution in [-0.2, 0) is 4.79 Å². The van der Waals surface area contributed by atoms with E-state index >= 15 is 0 Å². The average Bonchev–Trinajstić information content (AvgIpc) is 2.30. The summed E-state index contributed by atoms with van der Waals surface area (Å²) in [5, 5.41) is 13.8. The number of carbonyl (C=O) groups is 2. The van der Waals surface area contributed by atoms with Gasteiger partial charge in [0.2, 0.25) is 0 Å². The number of benzene rings is 1. The molecule has 0 fully saturated rings. The first-order valence-electron chi connectivity index (χ1n) is 5.95. The Morgan fingerprint density at radius 1 is 1.40 bits per heavy atom. The molecule has 3 N–H and O–H groups in total. The molecule has 0 aliphatic heterocycles. The summed E-state index contributed by atoms with van der Waals surface area (Å²) in [6, 6.07) is 3.28. The van der Waals surface area contributed by atoms with Gasteiger partial charge < -0.3 is 15.7 Å². The number of hydrogen-bond donors (Lipinski definition) is 3. The Morgan fingerprint density at radius 3 is 2.60 bits per heavy atom. The molecule has 1 aromatic carbocycles. The summed E-state index contributed by atoms with van der Waals surface area (Å²) in [7, 11) is 0. The number of carboxylic acids is 1. The molecule has 7 heteroatoms. The molecule has 1 rings (SSSR count). The summed E-state index contributed by atoms with van der Waals surface area (Å²) >= 11 is 5.61. The van der Waals surface area contributed by atoms with E-state index in [0.29, 0.717) is 0 Å². The number of amides is 2. The van der Waals surface area contributed by atoms with Crippen LogP contribution >= 0.6 is 11.6 Å². The van der Waals surface area contributed by atoms with Gasteiger partial charge in [-0.05, 0) is 38.5 Å². The monoisotopic (exact) mass is 302 g/mol. The lowest BCUT2D eigenvalue weighted by Gasteiger charge is -2.25. The van der Waals surface area contributed by atoms with Crippen molar-refractivity contribution in [2.75, 3.05) is 5.32 Å². The zero-order valence-corrected chi connectivity index (χ0v) is 11.9. The van der Waals surface area contributed by atoms with Gasteiger partial charge in [-0.3, -0.25) is 4.79 Å². The second kappa shape index (κ2) is 6.56. The van der Waals surface area contributed by atoms with Crippen LogP contribution in [0.1, 0.15) is 26.7 Å². The summed E-state index contributed by atoms with van der Waals surface area (Å²) < 4.78 is 13.5. The Balaban J connectivity index is 2.60. The number of carbonyl (C=O) groups excluding carboxylic acids is 1. The third-order valence-electron chi connectivity index (χ3n) is 2.60. The Labute approximate surface area is 121 Å². The number of aliphatic carboxylic acids is 1. The lowest BCUT2D eigenvalue weighted by molar-refractivity contribution is -0.137. The first-order valence-corrected chi connectivity index (χ1v) is 6.33. The van der Waals surface area contributed by atoms with Gasteiger partial charge in [0.15, 0.2) is 0 Å². The van der Waals surface area contributed by atoms with Crippen LogP contribution in [0.5, 0.6) is 0 Å². The fraction of sp³-hybridized carbons (Fsp3) is 0.385. The van der Waals surface area contributed by atoms with Crippen molar-refractivity contribution in [1.82, 2.24) is 5.32 Å². The van der Waals surface area contributed by atoms with Crippen molar-refractivity contribution >= 4 is 29.3 Å². The van der Waals surface area contributed by atoms with Crippen LogP contribution in [0, 0.1) is 5.82 Å². The molecule has 0 aliphatic rings. The van der Waals surface area contributed by atoms with Crippen LogP contribution in [0.2, 0.25) is 5.02 Å². The highest BCUT2D eigenvalue weighted by atomic mass is 35.5. The molecule has 1 aromatic rings. The largest absolute Gasteiger partial charge is 0.481 e. The molecule has 0 radical (unpaired) electrons. The highest BCUT2D eigenvalue weighted by Crippen LogP contribution is 2.19. The fourth-order valence-corrected chi connectivity index (χ4v) is 1.69. The topological polar surface area (TPSA) is 78.4 Å². The minimum absolute atomic E-state index is 0.000865. The molecule has 0 unspecified atom stereocenters. The van der Waals surface area contributed by atoms with E-state index in [1.54, 1.807) is 13.8 Å². The molecular formula is C13H16ClFN2O3. The van der Waals surface area contributed by atoms with Crippen molar-refractivity contribution in [1.29, 1.82) is 0 Å². The van der Waals surface area contributed by atoms with Gasteiger partial charge in [-0.2, -0.15) is 0 Å². The van der Waals surface area contributed by atoms with Gasteiger partial charge in [-0.15, -0.1) is 0 Å². The molecule has 20 heavy (non-hydrogen) atoms. The molecule has 0 atom stereocenters. The predicted molar refractivity (Wildman–Crippen MR) is 74.5 cm³/mol. The molecule has 0 bridgehead atoms. The maximum absolute atomic E-state index is 13.5. The van der Waals surface area contributed by atoms with Gasteiger partial charge in [-0.25, -0.2) is 9.18 Å². The van der Waals surface area contributed by atoms with E-state index in [9.17, 15) is 14.0 Å². The third kappa shape index (κ3) is 5.44. The van der Waals surface area contributed by atoms with E-state index in [4.69, 9.17) is 16.7 Å². The van der Waals surface area contributed by atoms with E-state index in [2.05, 4.69) is 10.6 Å². The Bertz CT molecular complexity index is 520. The van der Waals surface area contributed by atoms with Gasteiger partial charge >= 0.3 is 12.0 Å². The molecule has 0 saturated heterocycles.